The second-order valence-corrected chi connectivity index (χ2v) is 9.40. The summed E-state index contributed by atoms with van der Waals surface area (Å²) < 4.78 is 36.8. The minimum absolute atomic E-state index is 0.0274. The van der Waals surface area contributed by atoms with E-state index in [1.807, 2.05) is 52.0 Å². The van der Waals surface area contributed by atoms with Crippen molar-refractivity contribution in [2.45, 2.75) is 58.3 Å². The largest absolute Gasteiger partial charge is 0.489 e. The van der Waals surface area contributed by atoms with Gasteiger partial charge in [-0.3, -0.25) is 0 Å². The summed E-state index contributed by atoms with van der Waals surface area (Å²) in [6.07, 6.45) is -0.548. The molecule has 1 saturated heterocycles. The number of alkyl carbamates (subject to hydrolysis) is 1. The van der Waals surface area contributed by atoms with Crippen LogP contribution in [0.25, 0.3) is 0 Å². The maximum Gasteiger partial charge on any atom is 0.408 e. The Morgan fingerprint density at radius 1 is 1.26 bits per heavy atom. The number of benzene rings is 1. The number of hydrogen-bond donors (Lipinski definition) is 1. The molecule has 0 saturated carbocycles. The Morgan fingerprint density at radius 2 is 1.97 bits per heavy atom. The smallest absolute Gasteiger partial charge is 0.408 e. The highest BCUT2D eigenvalue weighted by atomic mass is 19.3. The maximum atomic E-state index is 12.7. The number of halogens is 2. The van der Waals surface area contributed by atoms with Gasteiger partial charge in [-0.15, -0.1) is 0 Å². The Hall–Kier alpha value is -3.17. The molecule has 1 N–H and O–H groups in total. The molecule has 1 aliphatic rings. The Labute approximate surface area is 199 Å². The van der Waals surface area contributed by atoms with Gasteiger partial charge in [-0.25, -0.2) is 18.6 Å². The topological polar surface area (TPSA) is 79.8 Å². The molecule has 2 atom stereocenters. The highest BCUT2D eigenvalue weighted by Gasteiger charge is 2.26. The van der Waals surface area contributed by atoms with Crippen LogP contribution in [0.1, 0.15) is 45.7 Å². The first kappa shape index (κ1) is 25.5. The fraction of sp³-hybridized carbons (Fsp3) is 0.542. The molecule has 0 unspecified atom stereocenters. The molecule has 2 heterocycles. The fourth-order valence-electron chi connectivity index (χ4n) is 3.62. The summed E-state index contributed by atoms with van der Waals surface area (Å²) in [6.45, 7) is 8.32. The third-order valence-corrected chi connectivity index (χ3v) is 5.27. The first-order valence-corrected chi connectivity index (χ1v) is 11.3. The summed E-state index contributed by atoms with van der Waals surface area (Å²) in [4.78, 5) is 23.9. The number of carbonyl (C=O) groups excluding carboxylic acids is 1. The Bertz CT molecular complexity index is 952. The van der Waals surface area contributed by atoms with Crippen LogP contribution in [-0.2, 0) is 4.74 Å². The number of aromatic nitrogens is 2. The number of ether oxygens (including phenoxy) is 2. The first-order valence-electron chi connectivity index (χ1n) is 11.3. The van der Waals surface area contributed by atoms with Crippen LogP contribution < -0.4 is 19.9 Å². The van der Waals surface area contributed by atoms with Gasteiger partial charge in [0.2, 0.25) is 5.95 Å². The average molecular weight is 478 g/mol. The molecule has 34 heavy (non-hydrogen) atoms. The maximum absolute atomic E-state index is 12.7. The lowest BCUT2D eigenvalue weighted by atomic mass is 10.1. The monoisotopic (exact) mass is 477 g/mol. The van der Waals surface area contributed by atoms with E-state index in [4.69, 9.17) is 9.47 Å². The minimum Gasteiger partial charge on any atom is -0.489 e. The van der Waals surface area contributed by atoms with Gasteiger partial charge >= 0.3 is 6.09 Å². The first-order chi connectivity index (χ1) is 16.0. The highest BCUT2D eigenvalue weighted by molar-refractivity contribution is 5.68. The molecule has 186 valence electrons. The Balaban J connectivity index is 1.53. The number of alkyl halides is 2. The van der Waals surface area contributed by atoms with E-state index in [1.54, 1.807) is 19.3 Å². The van der Waals surface area contributed by atoms with Crippen LogP contribution in [0.5, 0.6) is 5.75 Å². The summed E-state index contributed by atoms with van der Waals surface area (Å²) in [6, 6.07) is 9.16. The molecule has 1 amide bonds. The molecular weight excluding hydrogens is 444 g/mol. The number of hydrogen-bond acceptors (Lipinski definition) is 7. The fourth-order valence-corrected chi connectivity index (χ4v) is 3.62. The molecular formula is C24H33F2N5O3. The van der Waals surface area contributed by atoms with Crippen LogP contribution in [-0.4, -0.2) is 60.9 Å². The molecule has 0 bridgehead atoms. The van der Waals surface area contributed by atoms with Gasteiger partial charge in [0.1, 0.15) is 23.3 Å². The van der Waals surface area contributed by atoms with E-state index in [2.05, 4.69) is 20.2 Å². The molecule has 0 spiro atoms. The van der Waals surface area contributed by atoms with E-state index in [-0.39, 0.29) is 18.1 Å². The number of anilines is 2. The van der Waals surface area contributed by atoms with Gasteiger partial charge < -0.3 is 24.6 Å². The number of nitrogens with one attached hydrogen (secondary N) is 1. The normalized spacial score (nSPS) is 16.9. The zero-order valence-corrected chi connectivity index (χ0v) is 20.3. The predicted molar refractivity (Wildman–Crippen MR) is 127 cm³/mol. The zero-order chi connectivity index (χ0) is 24.9. The predicted octanol–water partition coefficient (Wildman–Crippen LogP) is 4.42. The number of rotatable bonds is 8. The van der Waals surface area contributed by atoms with E-state index >= 15 is 0 Å². The summed E-state index contributed by atoms with van der Waals surface area (Å²) in [5.74, 6) is 1.70. The molecule has 3 rings (SSSR count). The van der Waals surface area contributed by atoms with Crippen molar-refractivity contribution in [1.29, 1.82) is 0 Å². The average Bonchev–Trinajstić information content (AvgIpc) is 3.21. The number of nitrogens with zero attached hydrogens (tertiary/aromatic N) is 4. The zero-order valence-electron chi connectivity index (χ0n) is 20.3. The number of carbonyl (C=O) groups is 1. The van der Waals surface area contributed by atoms with E-state index in [0.29, 0.717) is 12.4 Å². The lowest BCUT2D eigenvalue weighted by Crippen LogP contribution is -2.34. The van der Waals surface area contributed by atoms with Crippen LogP contribution in [0, 0.1) is 0 Å². The Morgan fingerprint density at radius 3 is 2.62 bits per heavy atom. The van der Waals surface area contributed by atoms with Crippen LogP contribution in [0.3, 0.4) is 0 Å². The Kier molecular flexibility index (Phi) is 8.11. The summed E-state index contributed by atoms with van der Waals surface area (Å²) in [5.41, 5.74) is 0.388. The number of amides is 1. The molecule has 1 fully saturated rings. The van der Waals surface area contributed by atoms with Crippen LogP contribution in [0.4, 0.5) is 25.3 Å². The standard InChI is InChI=1S/C24H33F2N5O3/c1-16(28-23(32)34-24(2,3)4)17-6-8-18(9-7-17)33-19-11-13-31(14-19)21-10-12-27-22(29-21)30(5)15-20(25)26/h6-10,12,16,19-20H,11,13-15H2,1-5H3,(H,28,32)/t16-,19+/m0/s1. The van der Waals surface area contributed by atoms with E-state index in [0.717, 1.165) is 24.3 Å². The molecule has 8 nitrogen and oxygen atoms in total. The summed E-state index contributed by atoms with van der Waals surface area (Å²) in [7, 11) is 1.55. The summed E-state index contributed by atoms with van der Waals surface area (Å²) >= 11 is 0. The van der Waals surface area contributed by atoms with Crippen molar-refractivity contribution in [1.82, 2.24) is 15.3 Å². The second-order valence-electron chi connectivity index (χ2n) is 9.40. The van der Waals surface area contributed by atoms with Crippen LogP contribution >= 0.6 is 0 Å². The third kappa shape index (κ3) is 7.43. The quantitative estimate of drug-likeness (QED) is 0.603. The van der Waals surface area contributed by atoms with Gasteiger partial charge in [-0.05, 0) is 51.5 Å². The van der Waals surface area contributed by atoms with Crippen molar-refractivity contribution in [3.63, 3.8) is 0 Å². The summed E-state index contributed by atoms with van der Waals surface area (Å²) in [5, 5.41) is 2.83. The lowest BCUT2D eigenvalue weighted by Gasteiger charge is -2.22. The van der Waals surface area contributed by atoms with Crippen molar-refractivity contribution in [2.75, 3.05) is 36.5 Å². The SMILES string of the molecule is C[C@H](NC(=O)OC(C)(C)C)c1ccc(O[C@@H]2CCN(c3ccnc(N(C)CC(F)F)n3)C2)cc1. The van der Waals surface area contributed by atoms with Gasteiger partial charge in [0.25, 0.3) is 6.43 Å². The van der Waals surface area contributed by atoms with Crippen molar-refractivity contribution in [3.8, 4) is 5.75 Å². The minimum atomic E-state index is -2.45. The van der Waals surface area contributed by atoms with E-state index in [9.17, 15) is 13.6 Å². The molecule has 10 heteroatoms. The van der Waals surface area contributed by atoms with Gasteiger partial charge in [-0.2, -0.15) is 4.98 Å². The van der Waals surface area contributed by atoms with Crippen molar-refractivity contribution >= 4 is 17.9 Å². The molecule has 1 aliphatic heterocycles. The highest BCUT2D eigenvalue weighted by Crippen LogP contribution is 2.25. The molecule has 1 aromatic carbocycles. The van der Waals surface area contributed by atoms with Crippen molar-refractivity contribution in [3.05, 3.63) is 42.1 Å². The lowest BCUT2D eigenvalue weighted by molar-refractivity contribution is 0.0508. The second kappa shape index (κ2) is 10.8. The van der Waals surface area contributed by atoms with Gasteiger partial charge in [-0.1, -0.05) is 12.1 Å². The molecule has 0 radical (unpaired) electrons. The van der Waals surface area contributed by atoms with Gasteiger partial charge in [0, 0.05) is 26.2 Å². The van der Waals surface area contributed by atoms with Gasteiger partial charge in [0.05, 0.1) is 19.1 Å². The van der Waals surface area contributed by atoms with Crippen molar-refractivity contribution in [2.24, 2.45) is 0 Å². The van der Waals surface area contributed by atoms with Crippen LogP contribution in [0.15, 0.2) is 36.5 Å². The molecule has 0 aliphatic carbocycles. The van der Waals surface area contributed by atoms with Crippen molar-refractivity contribution < 1.29 is 23.0 Å². The third-order valence-electron chi connectivity index (χ3n) is 5.27. The molecule has 1 aromatic heterocycles. The van der Waals surface area contributed by atoms with E-state index in [1.165, 1.54) is 4.90 Å². The van der Waals surface area contributed by atoms with E-state index < -0.39 is 24.7 Å². The molecule has 2 aromatic rings. The van der Waals surface area contributed by atoms with Crippen LogP contribution in [0.2, 0.25) is 0 Å². The van der Waals surface area contributed by atoms with Gasteiger partial charge in [0.15, 0.2) is 0 Å².